The fourth-order valence-corrected chi connectivity index (χ4v) is 4.76. The van der Waals surface area contributed by atoms with Crippen LogP contribution in [-0.4, -0.2) is 72.0 Å². The second kappa shape index (κ2) is 9.25. The molecule has 2 N–H and O–H groups in total. The van der Waals surface area contributed by atoms with Gasteiger partial charge in [-0.25, -0.2) is 22.4 Å². The molecule has 0 unspecified atom stereocenters. The van der Waals surface area contributed by atoms with Crippen molar-refractivity contribution in [2.45, 2.75) is 36.6 Å². The van der Waals surface area contributed by atoms with Crippen LogP contribution < -0.4 is 0 Å². The predicted molar refractivity (Wildman–Crippen MR) is 94.3 cm³/mol. The van der Waals surface area contributed by atoms with Gasteiger partial charge in [-0.3, -0.25) is 4.90 Å². The summed E-state index contributed by atoms with van der Waals surface area (Å²) in [6.07, 6.45) is 5.06. The summed E-state index contributed by atoms with van der Waals surface area (Å²) in [6.45, 7) is 2.64. The maximum absolute atomic E-state index is 12.9. The third kappa shape index (κ3) is 5.72. The molecule has 0 radical (unpaired) electrons. The van der Waals surface area contributed by atoms with E-state index in [4.69, 9.17) is 19.8 Å². The van der Waals surface area contributed by atoms with Crippen LogP contribution in [0.5, 0.6) is 0 Å². The van der Waals surface area contributed by atoms with E-state index in [1.54, 1.807) is 0 Å². The summed E-state index contributed by atoms with van der Waals surface area (Å²) in [5.74, 6) is -4.06. The molecule has 1 aromatic carbocycles. The molecule has 3 rings (SSSR count). The minimum absolute atomic E-state index is 0.179. The number of carbonyl (C=O) groups is 2. The zero-order valence-corrected chi connectivity index (χ0v) is 15.6. The smallest absolute Gasteiger partial charge is 0.414 e. The molecule has 1 aromatic rings. The molecule has 1 aliphatic heterocycles. The molecule has 10 heteroatoms. The topological polar surface area (TPSA) is 115 Å². The van der Waals surface area contributed by atoms with Crippen LogP contribution in [0.25, 0.3) is 0 Å². The van der Waals surface area contributed by atoms with Gasteiger partial charge in [0.2, 0.25) is 10.0 Å². The molecule has 8 nitrogen and oxygen atoms in total. The highest BCUT2D eigenvalue weighted by molar-refractivity contribution is 7.89. The van der Waals surface area contributed by atoms with Gasteiger partial charge in [0, 0.05) is 32.2 Å². The van der Waals surface area contributed by atoms with Gasteiger partial charge >= 0.3 is 11.9 Å². The van der Waals surface area contributed by atoms with Crippen LogP contribution >= 0.6 is 0 Å². The zero-order valence-electron chi connectivity index (χ0n) is 14.8. The normalized spacial score (nSPS) is 19.3. The quantitative estimate of drug-likeness (QED) is 0.731. The SMILES string of the molecule is O=C(O)C(=O)O.O=S(=O)(c1ccc(F)cc1)N1CCN(C2CCCC2)CC1. The Morgan fingerprint density at radius 3 is 1.85 bits per heavy atom. The number of halogens is 1. The van der Waals surface area contributed by atoms with Crippen molar-refractivity contribution >= 4 is 22.0 Å². The summed E-state index contributed by atoms with van der Waals surface area (Å²) >= 11 is 0. The number of hydrogen-bond acceptors (Lipinski definition) is 5. The first kappa shape index (κ1) is 21.3. The Kier molecular flexibility index (Phi) is 7.28. The monoisotopic (exact) mass is 402 g/mol. The van der Waals surface area contributed by atoms with Gasteiger partial charge in [0.15, 0.2) is 0 Å². The summed E-state index contributed by atoms with van der Waals surface area (Å²) in [4.78, 5) is 20.8. The lowest BCUT2D eigenvalue weighted by molar-refractivity contribution is -0.159. The van der Waals surface area contributed by atoms with Gasteiger partial charge in [0.1, 0.15) is 5.82 Å². The van der Waals surface area contributed by atoms with Crippen molar-refractivity contribution in [1.82, 2.24) is 9.21 Å². The van der Waals surface area contributed by atoms with Crippen molar-refractivity contribution in [3.05, 3.63) is 30.1 Å². The van der Waals surface area contributed by atoms with Gasteiger partial charge in [0.25, 0.3) is 0 Å². The molecule has 0 bridgehead atoms. The van der Waals surface area contributed by atoms with Crippen LogP contribution in [0.2, 0.25) is 0 Å². The summed E-state index contributed by atoms with van der Waals surface area (Å²) in [5.41, 5.74) is 0. The average Bonchev–Trinajstić information content (AvgIpc) is 3.17. The minimum Gasteiger partial charge on any atom is -0.473 e. The molecule has 27 heavy (non-hydrogen) atoms. The second-order valence-electron chi connectivity index (χ2n) is 6.44. The summed E-state index contributed by atoms with van der Waals surface area (Å²) in [6, 6.07) is 5.71. The van der Waals surface area contributed by atoms with Crippen molar-refractivity contribution < 1.29 is 32.6 Å². The first-order valence-corrected chi connectivity index (χ1v) is 10.1. The first-order chi connectivity index (χ1) is 12.7. The van der Waals surface area contributed by atoms with Crippen LogP contribution in [0.3, 0.4) is 0 Å². The Morgan fingerprint density at radius 1 is 0.926 bits per heavy atom. The van der Waals surface area contributed by atoms with E-state index in [1.807, 2.05) is 0 Å². The van der Waals surface area contributed by atoms with Crippen LogP contribution in [-0.2, 0) is 19.6 Å². The van der Waals surface area contributed by atoms with Crippen LogP contribution in [0.4, 0.5) is 4.39 Å². The Bertz CT molecular complexity index is 742. The molecule has 1 saturated heterocycles. The van der Waals surface area contributed by atoms with Crippen LogP contribution in [0, 0.1) is 5.82 Å². The van der Waals surface area contributed by atoms with Gasteiger partial charge in [0.05, 0.1) is 4.90 Å². The van der Waals surface area contributed by atoms with Crippen LogP contribution in [0.1, 0.15) is 25.7 Å². The molecule has 2 aliphatic rings. The van der Waals surface area contributed by atoms with E-state index in [2.05, 4.69) is 4.90 Å². The Labute approximate surface area is 157 Å². The van der Waals surface area contributed by atoms with Gasteiger partial charge in [-0.15, -0.1) is 0 Å². The summed E-state index contributed by atoms with van der Waals surface area (Å²) in [7, 11) is -3.49. The molecular formula is C17H23FN2O6S. The number of carboxylic acid groups (broad SMARTS) is 2. The standard InChI is InChI=1S/C15H21FN2O2S.C2H2O4/c16-13-5-7-15(8-6-13)21(19,20)18-11-9-17(10-12-18)14-3-1-2-4-14;3-1(4)2(5)6/h5-8,14H,1-4,9-12H2;(H,3,4)(H,5,6). The third-order valence-corrected chi connectivity index (χ3v) is 6.66. The van der Waals surface area contributed by atoms with E-state index in [-0.39, 0.29) is 4.90 Å². The number of hydrogen-bond donors (Lipinski definition) is 2. The van der Waals surface area contributed by atoms with Gasteiger partial charge < -0.3 is 10.2 Å². The summed E-state index contributed by atoms with van der Waals surface area (Å²) in [5, 5.41) is 14.8. The number of aliphatic carboxylic acids is 2. The molecule has 1 saturated carbocycles. The van der Waals surface area contributed by atoms with Crippen molar-refractivity contribution in [3.8, 4) is 0 Å². The fourth-order valence-electron chi connectivity index (χ4n) is 3.33. The zero-order chi connectivity index (χ0) is 20.0. The van der Waals surface area contributed by atoms with Crippen LogP contribution in [0.15, 0.2) is 29.2 Å². The highest BCUT2D eigenvalue weighted by Gasteiger charge is 2.31. The number of carboxylic acids is 2. The van der Waals surface area contributed by atoms with E-state index < -0.39 is 27.8 Å². The van der Waals surface area contributed by atoms with E-state index in [9.17, 15) is 12.8 Å². The number of benzene rings is 1. The Balaban J connectivity index is 0.000000380. The molecule has 1 aliphatic carbocycles. The lowest BCUT2D eigenvalue weighted by Crippen LogP contribution is -2.51. The first-order valence-electron chi connectivity index (χ1n) is 8.68. The van der Waals surface area contributed by atoms with E-state index in [0.717, 1.165) is 13.1 Å². The number of sulfonamides is 1. The fraction of sp³-hybridized carbons (Fsp3) is 0.529. The minimum atomic E-state index is -3.49. The molecule has 150 valence electrons. The maximum Gasteiger partial charge on any atom is 0.414 e. The molecule has 0 atom stereocenters. The van der Waals surface area contributed by atoms with Crippen molar-refractivity contribution in [1.29, 1.82) is 0 Å². The largest absolute Gasteiger partial charge is 0.473 e. The number of rotatable bonds is 3. The number of nitrogens with zero attached hydrogens (tertiary/aromatic N) is 2. The molecule has 0 spiro atoms. The Morgan fingerprint density at radius 2 is 1.41 bits per heavy atom. The van der Waals surface area contributed by atoms with Crippen molar-refractivity contribution in [2.75, 3.05) is 26.2 Å². The van der Waals surface area contributed by atoms with E-state index in [0.29, 0.717) is 19.1 Å². The van der Waals surface area contributed by atoms with Crippen molar-refractivity contribution in [2.24, 2.45) is 0 Å². The Hall–Kier alpha value is -2.04. The van der Waals surface area contributed by atoms with Gasteiger partial charge in [-0.1, -0.05) is 12.8 Å². The lowest BCUT2D eigenvalue weighted by atomic mass is 10.2. The predicted octanol–water partition coefficient (Wildman–Crippen LogP) is 1.23. The lowest BCUT2D eigenvalue weighted by Gasteiger charge is -2.37. The molecular weight excluding hydrogens is 379 g/mol. The third-order valence-electron chi connectivity index (χ3n) is 4.75. The second-order valence-corrected chi connectivity index (χ2v) is 8.38. The highest BCUT2D eigenvalue weighted by atomic mass is 32.2. The molecule has 1 heterocycles. The molecule has 2 fully saturated rings. The number of piperazine rings is 1. The maximum atomic E-state index is 12.9. The molecule has 0 aromatic heterocycles. The molecule has 0 amide bonds. The summed E-state index contributed by atoms with van der Waals surface area (Å²) < 4.78 is 39.5. The average molecular weight is 402 g/mol. The van der Waals surface area contributed by atoms with Crippen molar-refractivity contribution in [3.63, 3.8) is 0 Å². The van der Waals surface area contributed by atoms with Gasteiger partial charge in [-0.05, 0) is 37.1 Å². The van der Waals surface area contributed by atoms with E-state index >= 15 is 0 Å². The van der Waals surface area contributed by atoms with Gasteiger partial charge in [-0.2, -0.15) is 4.31 Å². The van der Waals surface area contributed by atoms with E-state index in [1.165, 1.54) is 54.3 Å². The highest BCUT2D eigenvalue weighted by Crippen LogP contribution is 2.25.